The zero-order valence-electron chi connectivity index (χ0n) is 13.2. The number of amides is 2. The number of nitrogens with zero attached hydrogens (tertiary/aromatic N) is 2. The van der Waals surface area contributed by atoms with Gasteiger partial charge < -0.3 is 10.0 Å². The van der Waals surface area contributed by atoms with E-state index in [-0.39, 0.29) is 12.6 Å². The molecule has 4 heteroatoms. The van der Waals surface area contributed by atoms with Gasteiger partial charge in [0, 0.05) is 7.05 Å². The van der Waals surface area contributed by atoms with Crippen LogP contribution in [-0.2, 0) is 0 Å². The summed E-state index contributed by atoms with van der Waals surface area (Å²) in [5.41, 5.74) is 0.645. The Hall–Kier alpha value is -2.33. The highest BCUT2D eigenvalue weighted by atomic mass is 16.3. The second-order valence-corrected chi connectivity index (χ2v) is 5.96. The first-order valence-corrected chi connectivity index (χ1v) is 7.26. The fraction of sp³-hybridized carbons (Fsp3) is 0.278. The molecule has 0 atom stereocenters. The molecule has 0 saturated carbocycles. The van der Waals surface area contributed by atoms with Crippen molar-refractivity contribution >= 4 is 17.4 Å². The maximum absolute atomic E-state index is 12.9. The second kappa shape index (κ2) is 6.62. The van der Waals surface area contributed by atoms with Crippen molar-refractivity contribution in [2.75, 3.05) is 18.5 Å². The average molecular weight is 298 g/mol. The maximum atomic E-state index is 12.9. The molecule has 116 valence electrons. The molecule has 0 aromatic heterocycles. The van der Waals surface area contributed by atoms with Gasteiger partial charge in [0.1, 0.15) is 0 Å². The van der Waals surface area contributed by atoms with Gasteiger partial charge in [-0.1, -0.05) is 36.4 Å². The fourth-order valence-electron chi connectivity index (χ4n) is 2.34. The Balaban J connectivity index is 2.35. The molecular formula is C18H22N2O2. The Morgan fingerprint density at radius 3 is 1.73 bits per heavy atom. The molecule has 2 aromatic rings. The number of rotatable bonds is 4. The van der Waals surface area contributed by atoms with E-state index < -0.39 is 5.60 Å². The summed E-state index contributed by atoms with van der Waals surface area (Å²) in [6.45, 7) is 3.63. The van der Waals surface area contributed by atoms with E-state index in [9.17, 15) is 9.90 Å². The molecule has 22 heavy (non-hydrogen) atoms. The largest absolute Gasteiger partial charge is 0.389 e. The molecule has 0 aliphatic rings. The zero-order chi connectivity index (χ0) is 16.2. The van der Waals surface area contributed by atoms with Gasteiger partial charge in [-0.25, -0.2) is 4.79 Å². The number of anilines is 2. The highest BCUT2D eigenvalue weighted by molar-refractivity contribution is 5.99. The van der Waals surface area contributed by atoms with Crippen LogP contribution < -0.4 is 4.90 Å². The van der Waals surface area contributed by atoms with Gasteiger partial charge in [-0.15, -0.1) is 0 Å². The van der Waals surface area contributed by atoms with E-state index in [1.54, 1.807) is 25.8 Å². The van der Waals surface area contributed by atoms with Crippen LogP contribution in [0.1, 0.15) is 13.8 Å². The lowest BCUT2D eigenvalue weighted by Gasteiger charge is -2.31. The van der Waals surface area contributed by atoms with Gasteiger partial charge in [0.25, 0.3) is 0 Å². The first-order chi connectivity index (χ1) is 10.4. The number of hydrogen-bond donors (Lipinski definition) is 1. The van der Waals surface area contributed by atoms with Gasteiger partial charge in [0.05, 0.1) is 23.5 Å². The molecule has 2 amide bonds. The Labute approximate surface area is 131 Å². The molecule has 0 heterocycles. The normalized spacial score (nSPS) is 11.1. The monoisotopic (exact) mass is 298 g/mol. The van der Waals surface area contributed by atoms with Gasteiger partial charge in [-0.2, -0.15) is 0 Å². The van der Waals surface area contributed by atoms with Crippen molar-refractivity contribution in [3.05, 3.63) is 60.7 Å². The van der Waals surface area contributed by atoms with Crippen molar-refractivity contribution in [3.63, 3.8) is 0 Å². The molecule has 2 aromatic carbocycles. The van der Waals surface area contributed by atoms with Gasteiger partial charge in [-0.3, -0.25) is 4.90 Å². The minimum Gasteiger partial charge on any atom is -0.389 e. The predicted molar refractivity (Wildman–Crippen MR) is 89.3 cm³/mol. The Bertz CT molecular complexity index is 566. The van der Waals surface area contributed by atoms with Crippen molar-refractivity contribution < 1.29 is 9.90 Å². The predicted octanol–water partition coefficient (Wildman–Crippen LogP) is 3.65. The topological polar surface area (TPSA) is 43.8 Å². The third-order valence-electron chi connectivity index (χ3n) is 3.17. The Morgan fingerprint density at radius 2 is 1.36 bits per heavy atom. The summed E-state index contributed by atoms with van der Waals surface area (Å²) in [7, 11) is 1.69. The van der Waals surface area contributed by atoms with Crippen LogP contribution in [0.3, 0.4) is 0 Å². The second-order valence-electron chi connectivity index (χ2n) is 5.96. The molecule has 0 spiro atoms. The quantitative estimate of drug-likeness (QED) is 0.936. The number of para-hydroxylation sites is 2. The molecule has 0 unspecified atom stereocenters. The highest BCUT2D eigenvalue weighted by Crippen LogP contribution is 2.26. The molecule has 0 aliphatic heterocycles. The average Bonchev–Trinajstić information content (AvgIpc) is 2.48. The van der Waals surface area contributed by atoms with Gasteiger partial charge in [0.2, 0.25) is 0 Å². The summed E-state index contributed by atoms with van der Waals surface area (Å²) in [6, 6.07) is 18.8. The smallest absolute Gasteiger partial charge is 0.328 e. The number of carbonyl (C=O) groups excluding carboxylic acids is 1. The molecule has 0 radical (unpaired) electrons. The summed E-state index contributed by atoms with van der Waals surface area (Å²) in [4.78, 5) is 16.0. The van der Waals surface area contributed by atoms with Crippen LogP contribution in [0.25, 0.3) is 0 Å². The highest BCUT2D eigenvalue weighted by Gasteiger charge is 2.25. The van der Waals surface area contributed by atoms with E-state index in [0.717, 1.165) is 11.4 Å². The first kappa shape index (κ1) is 16.0. The van der Waals surface area contributed by atoms with Gasteiger partial charge in [0.15, 0.2) is 0 Å². The number of urea groups is 1. The van der Waals surface area contributed by atoms with Crippen LogP contribution in [0.5, 0.6) is 0 Å². The summed E-state index contributed by atoms with van der Waals surface area (Å²) in [6.07, 6.45) is 0. The first-order valence-electron chi connectivity index (χ1n) is 7.26. The third-order valence-corrected chi connectivity index (χ3v) is 3.17. The van der Waals surface area contributed by atoms with Crippen molar-refractivity contribution in [2.45, 2.75) is 19.4 Å². The summed E-state index contributed by atoms with van der Waals surface area (Å²) in [5.74, 6) is 0. The number of hydrogen-bond acceptors (Lipinski definition) is 2. The number of benzene rings is 2. The minimum absolute atomic E-state index is 0.181. The Morgan fingerprint density at radius 1 is 0.955 bits per heavy atom. The molecule has 0 saturated heterocycles. The van der Waals surface area contributed by atoms with Crippen molar-refractivity contribution in [3.8, 4) is 0 Å². The van der Waals surface area contributed by atoms with Crippen LogP contribution in [-0.4, -0.2) is 35.2 Å². The van der Waals surface area contributed by atoms with Crippen LogP contribution in [0, 0.1) is 0 Å². The summed E-state index contributed by atoms with van der Waals surface area (Å²) < 4.78 is 0. The van der Waals surface area contributed by atoms with Crippen molar-refractivity contribution in [1.82, 2.24) is 4.90 Å². The minimum atomic E-state index is -0.941. The lowest BCUT2D eigenvalue weighted by molar-refractivity contribution is 0.0545. The van der Waals surface area contributed by atoms with Crippen LogP contribution in [0.2, 0.25) is 0 Å². The van der Waals surface area contributed by atoms with Crippen molar-refractivity contribution in [1.29, 1.82) is 0 Å². The van der Waals surface area contributed by atoms with Gasteiger partial charge >= 0.3 is 6.03 Å². The summed E-state index contributed by atoms with van der Waals surface area (Å²) >= 11 is 0. The van der Waals surface area contributed by atoms with E-state index in [1.807, 2.05) is 60.7 Å². The van der Waals surface area contributed by atoms with Crippen LogP contribution in [0.15, 0.2) is 60.7 Å². The maximum Gasteiger partial charge on any atom is 0.328 e. The SMILES string of the molecule is CN(CC(C)(C)O)C(=O)N(c1ccccc1)c1ccccc1. The van der Waals surface area contributed by atoms with E-state index in [0.29, 0.717) is 0 Å². The lowest BCUT2D eigenvalue weighted by Crippen LogP contribution is -2.45. The molecule has 1 N–H and O–H groups in total. The lowest BCUT2D eigenvalue weighted by atomic mass is 10.1. The molecule has 4 nitrogen and oxygen atoms in total. The van der Waals surface area contributed by atoms with E-state index in [4.69, 9.17) is 0 Å². The Kier molecular flexibility index (Phi) is 4.83. The number of carbonyl (C=O) groups is 1. The van der Waals surface area contributed by atoms with E-state index in [1.165, 1.54) is 4.90 Å². The molecular weight excluding hydrogens is 276 g/mol. The fourth-order valence-corrected chi connectivity index (χ4v) is 2.34. The van der Waals surface area contributed by atoms with E-state index >= 15 is 0 Å². The standard InChI is InChI=1S/C18H22N2O2/c1-18(2,22)14-19(3)17(21)20(15-10-6-4-7-11-15)16-12-8-5-9-13-16/h4-13,22H,14H2,1-3H3. The zero-order valence-corrected chi connectivity index (χ0v) is 13.2. The third kappa shape index (κ3) is 4.09. The van der Waals surface area contributed by atoms with E-state index in [2.05, 4.69) is 0 Å². The molecule has 0 aliphatic carbocycles. The molecule has 0 bridgehead atoms. The number of likely N-dealkylation sites (N-methyl/N-ethyl adjacent to an activating group) is 1. The van der Waals surface area contributed by atoms with Gasteiger partial charge in [-0.05, 0) is 38.1 Å². The molecule has 2 rings (SSSR count). The molecule has 0 fully saturated rings. The summed E-state index contributed by atoms with van der Waals surface area (Å²) in [5, 5.41) is 9.95. The van der Waals surface area contributed by atoms with Crippen molar-refractivity contribution in [2.24, 2.45) is 0 Å². The van der Waals surface area contributed by atoms with Crippen LogP contribution in [0.4, 0.5) is 16.2 Å². The number of aliphatic hydroxyl groups is 1. The van der Waals surface area contributed by atoms with Crippen LogP contribution >= 0.6 is 0 Å².